The number of rotatable bonds is 2. The molecule has 0 radical (unpaired) electrons. The second kappa shape index (κ2) is 2.91. The van der Waals surface area contributed by atoms with Crippen LogP contribution in [0.4, 0.5) is 0 Å². The predicted molar refractivity (Wildman–Crippen MR) is 43.0 cm³/mol. The normalized spacial score (nSPS) is 11.2. The molecule has 1 rings (SSSR count). The molecule has 64 valence electrons. The molecule has 0 aromatic carbocycles. The standard InChI is InChI=1S/C7H11N5/c1-7(2,9)3-6-4-12(5-8)11-10-6/h4H,3,9H2,1-2H3. The summed E-state index contributed by atoms with van der Waals surface area (Å²) in [5.74, 6) is 0. The van der Waals surface area contributed by atoms with Crippen molar-refractivity contribution in [2.45, 2.75) is 25.8 Å². The molecule has 0 aliphatic rings. The van der Waals surface area contributed by atoms with Crippen molar-refractivity contribution in [3.8, 4) is 6.19 Å². The van der Waals surface area contributed by atoms with Crippen molar-refractivity contribution in [1.29, 1.82) is 5.26 Å². The number of nitriles is 1. The number of nitrogens with two attached hydrogens (primary N) is 1. The Morgan fingerprint density at radius 1 is 1.75 bits per heavy atom. The van der Waals surface area contributed by atoms with E-state index >= 15 is 0 Å². The minimum absolute atomic E-state index is 0.309. The van der Waals surface area contributed by atoms with Crippen LogP contribution in [-0.2, 0) is 6.42 Å². The van der Waals surface area contributed by atoms with Crippen molar-refractivity contribution in [3.05, 3.63) is 11.9 Å². The van der Waals surface area contributed by atoms with Gasteiger partial charge in [-0.15, -0.1) is 5.10 Å². The number of aromatic nitrogens is 3. The highest BCUT2D eigenvalue weighted by molar-refractivity contribution is 5.01. The van der Waals surface area contributed by atoms with Crippen LogP contribution in [0.15, 0.2) is 6.20 Å². The molecule has 0 aliphatic carbocycles. The minimum atomic E-state index is -0.309. The lowest BCUT2D eigenvalue weighted by Crippen LogP contribution is -2.34. The average molecular weight is 165 g/mol. The summed E-state index contributed by atoms with van der Waals surface area (Å²) in [5, 5.41) is 15.8. The van der Waals surface area contributed by atoms with Gasteiger partial charge >= 0.3 is 0 Å². The first-order chi connectivity index (χ1) is 5.51. The van der Waals surface area contributed by atoms with Crippen molar-refractivity contribution < 1.29 is 0 Å². The van der Waals surface area contributed by atoms with E-state index in [1.165, 1.54) is 0 Å². The lowest BCUT2D eigenvalue weighted by Gasteiger charge is -2.15. The average Bonchev–Trinajstić information content (AvgIpc) is 2.32. The van der Waals surface area contributed by atoms with E-state index in [0.717, 1.165) is 10.4 Å². The summed E-state index contributed by atoms with van der Waals surface area (Å²) in [6, 6.07) is 0. The third-order valence-corrected chi connectivity index (χ3v) is 1.28. The molecule has 5 heteroatoms. The topological polar surface area (TPSA) is 80.5 Å². The van der Waals surface area contributed by atoms with E-state index in [0.29, 0.717) is 6.42 Å². The fourth-order valence-corrected chi connectivity index (χ4v) is 0.895. The van der Waals surface area contributed by atoms with Gasteiger partial charge < -0.3 is 5.73 Å². The van der Waals surface area contributed by atoms with E-state index in [1.54, 1.807) is 6.20 Å². The predicted octanol–water partition coefficient (Wildman–Crippen LogP) is -0.113. The Bertz CT molecular complexity index is 300. The summed E-state index contributed by atoms with van der Waals surface area (Å²) in [5.41, 5.74) is 6.19. The number of nitrogens with zero attached hydrogens (tertiary/aromatic N) is 4. The van der Waals surface area contributed by atoms with Crippen LogP contribution in [-0.4, -0.2) is 20.5 Å². The lowest BCUT2D eigenvalue weighted by atomic mass is 10.0. The highest BCUT2D eigenvalue weighted by Crippen LogP contribution is 2.05. The molecule has 0 amide bonds. The van der Waals surface area contributed by atoms with Crippen LogP contribution in [0.25, 0.3) is 0 Å². The third kappa shape index (κ3) is 2.32. The number of hydrogen-bond acceptors (Lipinski definition) is 4. The molecule has 1 aromatic rings. The Morgan fingerprint density at radius 2 is 2.42 bits per heavy atom. The summed E-state index contributed by atoms with van der Waals surface area (Å²) >= 11 is 0. The zero-order chi connectivity index (χ0) is 9.19. The van der Waals surface area contributed by atoms with Gasteiger partial charge in [0.05, 0.1) is 11.9 Å². The summed E-state index contributed by atoms with van der Waals surface area (Å²) in [4.78, 5) is 0. The van der Waals surface area contributed by atoms with E-state index in [4.69, 9.17) is 11.0 Å². The molecule has 1 aromatic heterocycles. The summed E-state index contributed by atoms with van der Waals surface area (Å²) in [6.45, 7) is 3.80. The maximum Gasteiger partial charge on any atom is 0.207 e. The van der Waals surface area contributed by atoms with Crippen molar-refractivity contribution in [2.24, 2.45) is 5.73 Å². The third-order valence-electron chi connectivity index (χ3n) is 1.28. The van der Waals surface area contributed by atoms with E-state index in [9.17, 15) is 0 Å². The van der Waals surface area contributed by atoms with Gasteiger partial charge in [0.15, 0.2) is 0 Å². The second-order valence-corrected chi connectivity index (χ2v) is 3.42. The fourth-order valence-electron chi connectivity index (χ4n) is 0.895. The highest BCUT2D eigenvalue weighted by Gasteiger charge is 2.13. The van der Waals surface area contributed by atoms with Crippen molar-refractivity contribution in [3.63, 3.8) is 0 Å². The van der Waals surface area contributed by atoms with Gasteiger partial charge in [0.25, 0.3) is 0 Å². The molecule has 2 N–H and O–H groups in total. The molecule has 5 nitrogen and oxygen atoms in total. The monoisotopic (exact) mass is 165 g/mol. The molecule has 0 atom stereocenters. The molecule has 0 aliphatic heterocycles. The zero-order valence-corrected chi connectivity index (χ0v) is 7.15. The van der Waals surface area contributed by atoms with Crippen LogP contribution < -0.4 is 5.73 Å². The molecule has 0 fully saturated rings. The maximum absolute atomic E-state index is 8.43. The Kier molecular flexibility index (Phi) is 2.11. The SMILES string of the molecule is CC(C)(N)Cc1cn(C#N)nn1. The maximum atomic E-state index is 8.43. The summed E-state index contributed by atoms with van der Waals surface area (Å²) in [6.07, 6.45) is 4.03. The van der Waals surface area contributed by atoms with Gasteiger partial charge in [-0.25, -0.2) is 0 Å². The van der Waals surface area contributed by atoms with Gasteiger partial charge in [-0.1, -0.05) is 5.21 Å². The van der Waals surface area contributed by atoms with Gasteiger partial charge in [0.1, 0.15) is 0 Å². The van der Waals surface area contributed by atoms with Crippen LogP contribution >= 0.6 is 0 Å². The Labute approximate surface area is 70.8 Å². The van der Waals surface area contributed by atoms with Crippen molar-refractivity contribution in [2.75, 3.05) is 0 Å². The summed E-state index contributed by atoms with van der Waals surface area (Å²) < 4.78 is 1.11. The first-order valence-electron chi connectivity index (χ1n) is 3.61. The Hall–Kier alpha value is -1.41. The Balaban J connectivity index is 2.72. The fraction of sp³-hybridized carbons (Fsp3) is 0.571. The molecular formula is C7H11N5. The van der Waals surface area contributed by atoms with E-state index in [-0.39, 0.29) is 5.54 Å². The quantitative estimate of drug-likeness (QED) is 0.662. The van der Waals surface area contributed by atoms with Crippen LogP contribution in [0.2, 0.25) is 0 Å². The molecule has 1 heterocycles. The van der Waals surface area contributed by atoms with Gasteiger partial charge in [-0.05, 0) is 13.8 Å². The second-order valence-electron chi connectivity index (χ2n) is 3.42. The first-order valence-corrected chi connectivity index (χ1v) is 3.61. The van der Waals surface area contributed by atoms with E-state index < -0.39 is 0 Å². The largest absolute Gasteiger partial charge is 0.325 e. The van der Waals surface area contributed by atoms with Crippen LogP contribution in [0.3, 0.4) is 0 Å². The van der Waals surface area contributed by atoms with E-state index in [1.807, 2.05) is 20.0 Å². The van der Waals surface area contributed by atoms with Crippen LogP contribution in [0.1, 0.15) is 19.5 Å². The molecule has 0 bridgehead atoms. The summed E-state index contributed by atoms with van der Waals surface area (Å²) in [7, 11) is 0. The first kappa shape index (κ1) is 8.68. The van der Waals surface area contributed by atoms with Crippen molar-refractivity contribution in [1.82, 2.24) is 15.0 Å². The van der Waals surface area contributed by atoms with Gasteiger partial charge in [0, 0.05) is 12.0 Å². The van der Waals surface area contributed by atoms with Crippen LogP contribution in [0, 0.1) is 11.5 Å². The van der Waals surface area contributed by atoms with Crippen LogP contribution in [0.5, 0.6) is 0 Å². The molecule has 0 saturated carbocycles. The zero-order valence-electron chi connectivity index (χ0n) is 7.15. The molecule has 0 saturated heterocycles. The smallest absolute Gasteiger partial charge is 0.207 e. The highest BCUT2D eigenvalue weighted by atomic mass is 15.4. The number of hydrogen-bond donors (Lipinski definition) is 1. The van der Waals surface area contributed by atoms with Gasteiger partial charge in [-0.2, -0.15) is 9.94 Å². The lowest BCUT2D eigenvalue weighted by molar-refractivity contribution is 0.509. The minimum Gasteiger partial charge on any atom is -0.325 e. The van der Waals surface area contributed by atoms with E-state index in [2.05, 4.69) is 10.3 Å². The molecule has 12 heavy (non-hydrogen) atoms. The Morgan fingerprint density at radius 3 is 2.83 bits per heavy atom. The van der Waals surface area contributed by atoms with Gasteiger partial charge in [-0.3, -0.25) is 0 Å². The molecule has 0 spiro atoms. The van der Waals surface area contributed by atoms with Crippen molar-refractivity contribution >= 4 is 0 Å². The molecular weight excluding hydrogens is 154 g/mol. The molecule has 0 unspecified atom stereocenters. The van der Waals surface area contributed by atoms with Gasteiger partial charge in [0.2, 0.25) is 6.19 Å².